The molecule has 0 aromatic carbocycles. The summed E-state index contributed by atoms with van der Waals surface area (Å²) in [6, 6.07) is 0. The molecule has 1 amide bonds. The molecule has 0 saturated carbocycles. The van der Waals surface area contributed by atoms with Gasteiger partial charge in [0.25, 0.3) is 0 Å². The minimum absolute atomic E-state index is 0.100. The van der Waals surface area contributed by atoms with Crippen LogP contribution in [0.2, 0.25) is 0 Å². The fourth-order valence-corrected chi connectivity index (χ4v) is 3.44. The quantitative estimate of drug-likeness (QED) is 0.762. The number of fused-ring (bicyclic) bond motifs is 1. The van der Waals surface area contributed by atoms with Crippen LogP contribution >= 0.6 is 0 Å². The summed E-state index contributed by atoms with van der Waals surface area (Å²) in [5.74, 6) is 0.894. The largest absolute Gasteiger partial charge is 0.367 e. The summed E-state index contributed by atoms with van der Waals surface area (Å²) in [5.41, 5.74) is 5.69. The first-order chi connectivity index (χ1) is 8.96. The molecule has 0 bridgehead atoms. The zero-order chi connectivity index (χ0) is 13.6. The van der Waals surface area contributed by atoms with Crippen molar-refractivity contribution in [3.63, 3.8) is 0 Å². The standard InChI is InChI=1S/C12H20N6O/c1-12-6-16(2)3-9(12)4-17(7-12)10(19)5-18-8-14-11(13)15-18/h8-9H,3-7H2,1-2H3,(H2,13,15)/t9-,12+/m1/s1. The van der Waals surface area contributed by atoms with Crippen molar-refractivity contribution in [2.24, 2.45) is 11.3 Å². The number of amides is 1. The summed E-state index contributed by atoms with van der Waals surface area (Å²) in [6.45, 7) is 6.34. The Hall–Kier alpha value is -1.63. The molecule has 0 radical (unpaired) electrons. The van der Waals surface area contributed by atoms with Gasteiger partial charge in [-0.15, -0.1) is 5.10 Å². The van der Waals surface area contributed by atoms with Crippen molar-refractivity contribution in [3.8, 4) is 0 Å². The van der Waals surface area contributed by atoms with Crippen LogP contribution in [-0.2, 0) is 11.3 Å². The lowest BCUT2D eigenvalue weighted by Crippen LogP contribution is -2.36. The Morgan fingerprint density at radius 3 is 2.95 bits per heavy atom. The molecule has 1 aromatic rings. The van der Waals surface area contributed by atoms with Crippen LogP contribution in [0.4, 0.5) is 5.95 Å². The third-order valence-electron chi connectivity index (χ3n) is 4.35. The number of hydrogen-bond acceptors (Lipinski definition) is 5. The maximum absolute atomic E-state index is 12.3. The van der Waals surface area contributed by atoms with Gasteiger partial charge in [0.05, 0.1) is 0 Å². The molecule has 7 nitrogen and oxygen atoms in total. The number of nitrogens with zero attached hydrogens (tertiary/aromatic N) is 5. The summed E-state index contributed by atoms with van der Waals surface area (Å²) in [4.78, 5) is 20.4. The predicted octanol–water partition coefficient (Wildman–Crippen LogP) is -0.730. The molecule has 0 unspecified atom stereocenters. The number of nitrogens with two attached hydrogens (primary N) is 1. The molecule has 1 aromatic heterocycles. The molecule has 2 N–H and O–H groups in total. The summed E-state index contributed by atoms with van der Waals surface area (Å²) < 4.78 is 1.50. The molecular formula is C12H20N6O. The van der Waals surface area contributed by atoms with Gasteiger partial charge in [-0.25, -0.2) is 9.67 Å². The zero-order valence-electron chi connectivity index (χ0n) is 11.4. The third-order valence-corrected chi connectivity index (χ3v) is 4.35. The van der Waals surface area contributed by atoms with Crippen molar-refractivity contribution in [2.45, 2.75) is 13.5 Å². The number of hydrogen-bond donors (Lipinski definition) is 1. The van der Waals surface area contributed by atoms with Gasteiger partial charge in [-0.05, 0) is 13.0 Å². The highest BCUT2D eigenvalue weighted by atomic mass is 16.2. The van der Waals surface area contributed by atoms with Gasteiger partial charge in [0, 0.05) is 31.6 Å². The van der Waals surface area contributed by atoms with Crippen LogP contribution in [0.15, 0.2) is 6.33 Å². The lowest BCUT2D eigenvalue weighted by molar-refractivity contribution is -0.131. The van der Waals surface area contributed by atoms with E-state index in [1.807, 2.05) is 4.90 Å². The average Bonchev–Trinajstić information content (AvgIpc) is 2.90. The van der Waals surface area contributed by atoms with Crippen molar-refractivity contribution in [1.29, 1.82) is 0 Å². The van der Waals surface area contributed by atoms with Gasteiger partial charge < -0.3 is 15.5 Å². The Bertz CT molecular complexity index is 500. The highest BCUT2D eigenvalue weighted by Crippen LogP contribution is 2.41. The molecule has 2 aliphatic heterocycles. The summed E-state index contributed by atoms with van der Waals surface area (Å²) in [6.07, 6.45) is 1.50. The second kappa shape index (κ2) is 4.19. The van der Waals surface area contributed by atoms with E-state index in [-0.39, 0.29) is 23.8 Å². The lowest BCUT2D eigenvalue weighted by atomic mass is 9.83. The second-order valence-electron chi connectivity index (χ2n) is 6.12. The topological polar surface area (TPSA) is 80.3 Å². The summed E-state index contributed by atoms with van der Waals surface area (Å²) >= 11 is 0. The molecule has 3 heterocycles. The fourth-order valence-electron chi connectivity index (χ4n) is 3.44. The number of nitrogen functional groups attached to an aromatic ring is 1. The van der Waals surface area contributed by atoms with E-state index in [0.717, 1.165) is 26.2 Å². The van der Waals surface area contributed by atoms with Crippen LogP contribution in [0.1, 0.15) is 6.92 Å². The number of carbonyl (C=O) groups excluding carboxylic acids is 1. The minimum atomic E-state index is 0.100. The van der Waals surface area contributed by atoms with Gasteiger partial charge in [0.1, 0.15) is 12.9 Å². The summed E-state index contributed by atoms with van der Waals surface area (Å²) in [5, 5.41) is 3.95. The van der Waals surface area contributed by atoms with Crippen LogP contribution in [0.25, 0.3) is 0 Å². The highest BCUT2D eigenvalue weighted by molar-refractivity contribution is 5.76. The van der Waals surface area contributed by atoms with E-state index in [2.05, 4.69) is 29.0 Å². The van der Waals surface area contributed by atoms with Gasteiger partial charge >= 0.3 is 0 Å². The first-order valence-corrected chi connectivity index (χ1v) is 6.57. The van der Waals surface area contributed by atoms with E-state index >= 15 is 0 Å². The first-order valence-electron chi connectivity index (χ1n) is 6.57. The van der Waals surface area contributed by atoms with E-state index in [1.165, 1.54) is 11.0 Å². The van der Waals surface area contributed by atoms with E-state index < -0.39 is 0 Å². The van der Waals surface area contributed by atoms with Gasteiger partial charge in [0.2, 0.25) is 11.9 Å². The van der Waals surface area contributed by atoms with Gasteiger partial charge in [0.15, 0.2) is 0 Å². The number of likely N-dealkylation sites (tertiary alicyclic amines) is 2. The van der Waals surface area contributed by atoms with Crippen molar-refractivity contribution in [1.82, 2.24) is 24.6 Å². The molecule has 2 aliphatic rings. The van der Waals surface area contributed by atoms with Crippen LogP contribution in [0.3, 0.4) is 0 Å². The lowest BCUT2D eigenvalue weighted by Gasteiger charge is -2.23. The van der Waals surface area contributed by atoms with E-state index in [1.54, 1.807) is 0 Å². The number of anilines is 1. The first kappa shape index (κ1) is 12.4. The van der Waals surface area contributed by atoms with Crippen LogP contribution in [0, 0.1) is 11.3 Å². The van der Waals surface area contributed by atoms with Crippen molar-refractivity contribution < 1.29 is 4.79 Å². The van der Waals surface area contributed by atoms with Crippen LogP contribution < -0.4 is 5.73 Å². The monoisotopic (exact) mass is 264 g/mol. The van der Waals surface area contributed by atoms with E-state index in [0.29, 0.717) is 5.92 Å². The molecule has 104 valence electrons. The Labute approximate surface area is 112 Å². The molecule has 7 heteroatoms. The predicted molar refractivity (Wildman–Crippen MR) is 70.1 cm³/mol. The van der Waals surface area contributed by atoms with Crippen molar-refractivity contribution in [2.75, 3.05) is 39.0 Å². The van der Waals surface area contributed by atoms with Crippen LogP contribution in [0.5, 0.6) is 0 Å². The van der Waals surface area contributed by atoms with Crippen molar-refractivity contribution >= 4 is 11.9 Å². The Balaban J connectivity index is 1.64. The average molecular weight is 264 g/mol. The molecule has 0 aliphatic carbocycles. The van der Waals surface area contributed by atoms with E-state index in [4.69, 9.17) is 5.73 Å². The fraction of sp³-hybridized carbons (Fsp3) is 0.750. The molecule has 2 saturated heterocycles. The molecule has 19 heavy (non-hydrogen) atoms. The molecule has 2 fully saturated rings. The molecule has 3 rings (SSSR count). The van der Waals surface area contributed by atoms with Crippen molar-refractivity contribution in [3.05, 3.63) is 6.33 Å². The molecule has 0 spiro atoms. The van der Waals surface area contributed by atoms with Crippen LogP contribution in [-0.4, -0.2) is 63.7 Å². The minimum Gasteiger partial charge on any atom is -0.367 e. The maximum atomic E-state index is 12.3. The number of carbonyl (C=O) groups is 1. The maximum Gasteiger partial charge on any atom is 0.244 e. The van der Waals surface area contributed by atoms with E-state index in [9.17, 15) is 4.79 Å². The third kappa shape index (κ3) is 2.18. The molecular weight excluding hydrogens is 244 g/mol. The number of rotatable bonds is 2. The number of aromatic nitrogens is 3. The van der Waals surface area contributed by atoms with Gasteiger partial charge in [-0.1, -0.05) is 6.92 Å². The zero-order valence-corrected chi connectivity index (χ0v) is 11.4. The molecule has 2 atom stereocenters. The highest BCUT2D eigenvalue weighted by Gasteiger charge is 2.49. The normalized spacial score (nSPS) is 30.8. The Morgan fingerprint density at radius 2 is 2.32 bits per heavy atom. The smallest absolute Gasteiger partial charge is 0.244 e. The Kier molecular flexibility index (Phi) is 2.74. The van der Waals surface area contributed by atoms with Gasteiger partial charge in [-0.3, -0.25) is 4.79 Å². The summed E-state index contributed by atoms with van der Waals surface area (Å²) in [7, 11) is 2.15. The second-order valence-corrected chi connectivity index (χ2v) is 6.12. The Morgan fingerprint density at radius 1 is 1.53 bits per heavy atom. The SMILES string of the molecule is CN1C[C@@H]2CN(C(=O)Cn3cnc(N)n3)C[C@]2(C)C1. The van der Waals surface area contributed by atoms with Gasteiger partial charge in [-0.2, -0.15) is 0 Å².